The van der Waals surface area contributed by atoms with Gasteiger partial charge in [-0.2, -0.15) is 0 Å². The van der Waals surface area contributed by atoms with E-state index in [2.05, 4.69) is 29.6 Å². The van der Waals surface area contributed by atoms with E-state index in [1.165, 1.54) is 11.1 Å². The van der Waals surface area contributed by atoms with Gasteiger partial charge in [0.2, 0.25) is 5.91 Å². The minimum Gasteiger partial charge on any atom is -0.481 e. The fraction of sp³-hybridized carbons (Fsp3) is 0.423. The molecule has 1 aliphatic heterocycles. The number of hydrogen-bond acceptors (Lipinski definition) is 5. The zero-order valence-electron chi connectivity index (χ0n) is 18.8. The average Bonchev–Trinajstić information content (AvgIpc) is 3.13. The molecule has 2 amide bonds. The van der Waals surface area contributed by atoms with Crippen LogP contribution in [0.1, 0.15) is 36.3 Å². The Labute approximate surface area is 197 Å². The minimum atomic E-state index is -0.947. The number of carboxylic acids is 1. The number of carbonyl (C=O) groups excluding carboxylic acids is 2. The monoisotopic (exact) mass is 464 g/mol. The van der Waals surface area contributed by atoms with Crippen LogP contribution >= 0.6 is 0 Å². The molecule has 3 aliphatic rings. The summed E-state index contributed by atoms with van der Waals surface area (Å²) in [5.41, 5.74) is 4.67. The van der Waals surface area contributed by atoms with Crippen LogP contribution in [-0.4, -0.2) is 66.4 Å². The van der Waals surface area contributed by atoms with Crippen LogP contribution in [-0.2, 0) is 19.1 Å². The molecule has 2 N–H and O–H groups in total. The Kier molecular flexibility index (Phi) is 6.24. The van der Waals surface area contributed by atoms with E-state index >= 15 is 0 Å². The molecule has 1 heterocycles. The van der Waals surface area contributed by atoms with Crippen LogP contribution in [0.5, 0.6) is 0 Å². The maximum atomic E-state index is 12.9. The Morgan fingerprint density at radius 1 is 1.03 bits per heavy atom. The highest BCUT2D eigenvalue weighted by atomic mass is 16.5. The minimum absolute atomic E-state index is 0.00126. The summed E-state index contributed by atoms with van der Waals surface area (Å²) in [5.74, 6) is -1.22. The molecule has 2 aromatic carbocycles. The van der Waals surface area contributed by atoms with Gasteiger partial charge in [-0.05, 0) is 35.1 Å². The largest absolute Gasteiger partial charge is 0.481 e. The third-order valence-corrected chi connectivity index (χ3v) is 7.07. The third kappa shape index (κ3) is 4.37. The van der Waals surface area contributed by atoms with Gasteiger partial charge in [0, 0.05) is 24.4 Å². The number of carboxylic acid groups (broad SMARTS) is 1. The number of aliphatic carboxylic acids is 1. The molecular formula is C26H28N2O6. The van der Waals surface area contributed by atoms with Crippen LogP contribution in [0, 0.1) is 5.92 Å². The summed E-state index contributed by atoms with van der Waals surface area (Å²) in [6.45, 7) is 1.31. The lowest BCUT2D eigenvalue weighted by Gasteiger charge is -2.41. The van der Waals surface area contributed by atoms with Gasteiger partial charge in [-0.15, -0.1) is 0 Å². The molecule has 2 aromatic rings. The first-order valence-corrected chi connectivity index (χ1v) is 11.7. The quantitative estimate of drug-likeness (QED) is 0.681. The highest BCUT2D eigenvalue weighted by Crippen LogP contribution is 2.44. The van der Waals surface area contributed by atoms with Gasteiger partial charge in [-0.1, -0.05) is 48.5 Å². The highest BCUT2D eigenvalue weighted by molar-refractivity contribution is 5.82. The van der Waals surface area contributed by atoms with Crippen LogP contribution < -0.4 is 5.32 Å². The maximum absolute atomic E-state index is 12.9. The second-order valence-electron chi connectivity index (χ2n) is 9.19. The predicted molar refractivity (Wildman–Crippen MR) is 123 cm³/mol. The van der Waals surface area contributed by atoms with E-state index in [-0.39, 0.29) is 43.4 Å². The standard InChI is InChI=1S/C26H28N2O6/c29-24(30)13-18-14-33-10-9-28(18)25(31)16-11-17(12-16)27-26(32)34-15-23-21-7-3-1-5-19(21)20-6-2-4-8-22(20)23/h1-8,16-18,23H,9-15H2,(H,27,32)(H,29,30). The Balaban J connectivity index is 1.12. The Morgan fingerprint density at radius 2 is 1.68 bits per heavy atom. The molecule has 1 saturated carbocycles. The SMILES string of the molecule is O=C(O)CC1COCCN1C(=O)C1CC(NC(=O)OCC2c3ccccc3-c3ccccc32)C1. The second-order valence-corrected chi connectivity index (χ2v) is 9.19. The molecule has 0 bridgehead atoms. The van der Waals surface area contributed by atoms with Crippen molar-refractivity contribution in [2.75, 3.05) is 26.4 Å². The van der Waals surface area contributed by atoms with Gasteiger partial charge in [-0.25, -0.2) is 4.79 Å². The van der Waals surface area contributed by atoms with Gasteiger partial charge in [0.05, 0.1) is 25.7 Å². The van der Waals surface area contributed by atoms with E-state index in [9.17, 15) is 14.4 Å². The highest BCUT2D eigenvalue weighted by Gasteiger charge is 2.41. The number of amides is 2. The fourth-order valence-corrected chi connectivity index (χ4v) is 5.29. The van der Waals surface area contributed by atoms with E-state index in [4.69, 9.17) is 14.6 Å². The molecule has 1 atom stereocenters. The second kappa shape index (κ2) is 9.46. The summed E-state index contributed by atoms with van der Waals surface area (Å²) in [6.07, 6.45) is 0.452. The smallest absolute Gasteiger partial charge is 0.407 e. The summed E-state index contributed by atoms with van der Waals surface area (Å²) >= 11 is 0. The number of benzene rings is 2. The van der Waals surface area contributed by atoms with Crippen LogP contribution in [0.2, 0.25) is 0 Å². The number of carbonyl (C=O) groups is 3. The summed E-state index contributed by atoms with van der Waals surface area (Å²) in [4.78, 5) is 38.1. The molecule has 0 spiro atoms. The molecule has 5 rings (SSSR count). The van der Waals surface area contributed by atoms with Crippen molar-refractivity contribution in [1.82, 2.24) is 10.2 Å². The molecule has 34 heavy (non-hydrogen) atoms. The zero-order chi connectivity index (χ0) is 23.7. The van der Waals surface area contributed by atoms with Crippen molar-refractivity contribution in [2.45, 2.75) is 37.3 Å². The van der Waals surface area contributed by atoms with E-state index in [1.54, 1.807) is 4.90 Å². The summed E-state index contributed by atoms with van der Waals surface area (Å²) in [7, 11) is 0. The van der Waals surface area contributed by atoms with Crippen molar-refractivity contribution >= 4 is 18.0 Å². The van der Waals surface area contributed by atoms with Crippen molar-refractivity contribution in [1.29, 1.82) is 0 Å². The molecule has 0 radical (unpaired) electrons. The van der Waals surface area contributed by atoms with E-state index < -0.39 is 18.1 Å². The van der Waals surface area contributed by atoms with Crippen LogP contribution in [0.3, 0.4) is 0 Å². The fourth-order valence-electron chi connectivity index (χ4n) is 5.29. The number of nitrogens with zero attached hydrogens (tertiary/aromatic N) is 1. The third-order valence-electron chi connectivity index (χ3n) is 7.07. The van der Waals surface area contributed by atoms with Crippen molar-refractivity contribution in [2.24, 2.45) is 5.92 Å². The Hall–Kier alpha value is -3.39. The predicted octanol–water partition coefficient (Wildman–Crippen LogP) is 3.01. The van der Waals surface area contributed by atoms with Crippen molar-refractivity contribution < 1.29 is 29.0 Å². The lowest BCUT2D eigenvalue weighted by Crippen LogP contribution is -2.56. The maximum Gasteiger partial charge on any atom is 0.407 e. The normalized spacial score (nSPS) is 23.4. The number of nitrogens with one attached hydrogen (secondary N) is 1. The Morgan fingerprint density at radius 3 is 2.32 bits per heavy atom. The first kappa shape index (κ1) is 22.4. The molecule has 0 aromatic heterocycles. The lowest BCUT2D eigenvalue weighted by molar-refractivity contribution is -0.151. The molecule has 1 saturated heterocycles. The number of rotatable bonds is 6. The van der Waals surface area contributed by atoms with Crippen LogP contribution in [0.15, 0.2) is 48.5 Å². The van der Waals surface area contributed by atoms with Crippen molar-refractivity contribution in [3.8, 4) is 11.1 Å². The van der Waals surface area contributed by atoms with Crippen molar-refractivity contribution in [3.63, 3.8) is 0 Å². The summed E-state index contributed by atoms with van der Waals surface area (Å²) in [5, 5.41) is 12.0. The van der Waals surface area contributed by atoms with E-state index in [0.29, 0.717) is 26.0 Å². The average molecular weight is 465 g/mol. The topological polar surface area (TPSA) is 105 Å². The molecular weight excluding hydrogens is 436 g/mol. The van der Waals surface area contributed by atoms with Gasteiger partial charge < -0.3 is 24.8 Å². The molecule has 8 heteroatoms. The van der Waals surface area contributed by atoms with Crippen molar-refractivity contribution in [3.05, 3.63) is 59.7 Å². The first-order valence-electron chi connectivity index (χ1n) is 11.7. The lowest BCUT2D eigenvalue weighted by atomic mass is 9.79. The van der Waals surface area contributed by atoms with Gasteiger partial charge in [-0.3, -0.25) is 9.59 Å². The van der Waals surface area contributed by atoms with Crippen LogP contribution in [0.25, 0.3) is 11.1 Å². The van der Waals surface area contributed by atoms with Gasteiger partial charge in [0.1, 0.15) is 6.61 Å². The van der Waals surface area contributed by atoms with E-state index in [0.717, 1.165) is 11.1 Å². The number of morpholine rings is 1. The Bertz CT molecular complexity index is 1050. The van der Waals surface area contributed by atoms with Gasteiger partial charge in [0.25, 0.3) is 0 Å². The van der Waals surface area contributed by atoms with Crippen LogP contribution in [0.4, 0.5) is 4.79 Å². The molecule has 2 aliphatic carbocycles. The molecule has 8 nitrogen and oxygen atoms in total. The van der Waals surface area contributed by atoms with Gasteiger partial charge >= 0.3 is 12.1 Å². The molecule has 2 fully saturated rings. The summed E-state index contributed by atoms with van der Waals surface area (Å²) < 4.78 is 10.9. The number of hydrogen-bond donors (Lipinski definition) is 2. The number of alkyl carbamates (subject to hydrolysis) is 1. The van der Waals surface area contributed by atoms with Gasteiger partial charge in [0.15, 0.2) is 0 Å². The molecule has 1 unspecified atom stereocenters. The first-order chi connectivity index (χ1) is 16.5. The number of fused-ring (bicyclic) bond motifs is 3. The van der Waals surface area contributed by atoms with E-state index in [1.807, 2.05) is 24.3 Å². The molecule has 178 valence electrons. The summed E-state index contributed by atoms with van der Waals surface area (Å²) in [6, 6.07) is 15.8. The zero-order valence-corrected chi connectivity index (χ0v) is 18.8. The number of ether oxygens (including phenoxy) is 2.